The van der Waals surface area contributed by atoms with Crippen LogP contribution in [0.2, 0.25) is 10.0 Å². The number of hydrogen-bond donors (Lipinski definition) is 1. The highest BCUT2D eigenvalue weighted by Gasteiger charge is 2.52. The third-order valence-corrected chi connectivity index (χ3v) is 8.47. The number of halogens is 4. The minimum atomic E-state index is -4.06. The summed E-state index contributed by atoms with van der Waals surface area (Å²) in [5.41, 5.74) is 1.40. The maximum Gasteiger partial charge on any atom is 0.232 e. The van der Waals surface area contributed by atoms with E-state index in [-0.39, 0.29) is 37.0 Å². The summed E-state index contributed by atoms with van der Waals surface area (Å²) in [6, 6.07) is 14.3. The number of likely N-dealkylation sites (tertiary alicyclic amines) is 1. The summed E-state index contributed by atoms with van der Waals surface area (Å²) in [4.78, 5) is 15.6. The molecule has 0 amide bonds. The van der Waals surface area contributed by atoms with Gasteiger partial charge in [-0.1, -0.05) is 54.4 Å². The molecule has 3 aromatic rings. The van der Waals surface area contributed by atoms with Gasteiger partial charge in [-0.15, -0.1) is 0 Å². The Morgan fingerprint density at radius 2 is 1.49 bits per heavy atom. The lowest BCUT2D eigenvalue weighted by Gasteiger charge is -2.54. The number of carbonyl (C=O) groups is 1. The molecule has 11 heteroatoms. The van der Waals surface area contributed by atoms with E-state index in [4.69, 9.17) is 23.2 Å². The minimum Gasteiger partial charge on any atom is -0.396 e. The van der Waals surface area contributed by atoms with E-state index < -0.39 is 39.8 Å². The van der Waals surface area contributed by atoms with E-state index >= 15 is 0 Å². The molecule has 3 aromatic carbocycles. The van der Waals surface area contributed by atoms with Crippen LogP contribution in [0.5, 0.6) is 0 Å². The molecule has 0 aromatic heterocycles. The Hall–Kier alpha value is -2.56. The molecule has 1 fully saturated rings. The maximum absolute atomic E-state index is 14.2. The number of aliphatic hydroxyl groups is 1. The smallest absolute Gasteiger partial charge is 0.232 e. The number of aliphatic hydroxyl groups excluding tert-OH is 1. The van der Waals surface area contributed by atoms with Crippen molar-refractivity contribution in [3.63, 3.8) is 0 Å². The predicted octanol–water partition coefficient (Wildman–Crippen LogP) is 5.47. The Balaban J connectivity index is 1.83. The third kappa shape index (κ3) is 6.61. The van der Waals surface area contributed by atoms with Crippen LogP contribution in [-0.2, 0) is 14.8 Å². The Morgan fingerprint density at radius 3 is 1.92 bits per heavy atom. The maximum atomic E-state index is 14.2. The fraction of sp³-hybridized carbons (Fsp3) is 0.321. The molecule has 1 aliphatic heterocycles. The Kier molecular flexibility index (Phi) is 8.98. The number of nitrogens with zero attached hydrogens (tertiary/aromatic N) is 2. The number of hydrogen-bond acceptors (Lipinski definition) is 5. The molecule has 1 heterocycles. The van der Waals surface area contributed by atoms with Crippen molar-refractivity contribution in [2.75, 3.05) is 23.7 Å². The van der Waals surface area contributed by atoms with E-state index in [2.05, 4.69) is 0 Å². The Morgan fingerprint density at radius 1 is 1.00 bits per heavy atom. The molecule has 1 unspecified atom stereocenters. The van der Waals surface area contributed by atoms with Crippen molar-refractivity contribution in [3.05, 3.63) is 99.5 Å². The van der Waals surface area contributed by atoms with Gasteiger partial charge < -0.3 is 5.11 Å². The average molecular weight is 598 g/mol. The number of rotatable bonds is 10. The third-order valence-electron chi connectivity index (χ3n) is 6.77. The largest absolute Gasteiger partial charge is 0.396 e. The molecule has 0 radical (unpaired) electrons. The van der Waals surface area contributed by atoms with Gasteiger partial charge in [0.05, 0.1) is 30.1 Å². The van der Waals surface area contributed by atoms with Crippen LogP contribution in [-0.4, -0.2) is 55.7 Å². The van der Waals surface area contributed by atoms with Gasteiger partial charge in [0.2, 0.25) is 10.0 Å². The van der Waals surface area contributed by atoms with Crippen LogP contribution in [0.1, 0.15) is 30.5 Å². The molecule has 1 aliphatic rings. The van der Waals surface area contributed by atoms with E-state index in [0.717, 1.165) is 33.8 Å². The van der Waals surface area contributed by atoms with E-state index in [0.29, 0.717) is 16.1 Å². The van der Waals surface area contributed by atoms with Crippen LogP contribution in [0.25, 0.3) is 0 Å². The van der Waals surface area contributed by atoms with Gasteiger partial charge in [0.15, 0.2) is 5.78 Å². The predicted molar refractivity (Wildman–Crippen MR) is 149 cm³/mol. The number of benzene rings is 3. The molecule has 6 nitrogen and oxygen atoms in total. The van der Waals surface area contributed by atoms with Gasteiger partial charge in [0.1, 0.15) is 11.6 Å². The van der Waals surface area contributed by atoms with Crippen molar-refractivity contribution in [1.29, 1.82) is 0 Å². The number of carbonyl (C=O) groups excluding carboxylic acids is 1. The van der Waals surface area contributed by atoms with Crippen molar-refractivity contribution in [3.8, 4) is 0 Å². The summed E-state index contributed by atoms with van der Waals surface area (Å²) < 4.78 is 55.3. The fourth-order valence-corrected chi connectivity index (χ4v) is 6.48. The van der Waals surface area contributed by atoms with Crippen molar-refractivity contribution >= 4 is 44.7 Å². The lowest BCUT2D eigenvalue weighted by molar-refractivity contribution is -0.132. The second-order valence-electron chi connectivity index (χ2n) is 9.86. The van der Waals surface area contributed by atoms with Crippen molar-refractivity contribution in [2.24, 2.45) is 5.92 Å². The van der Waals surface area contributed by atoms with Gasteiger partial charge in [0, 0.05) is 35.7 Å². The molecule has 1 saturated heterocycles. The van der Waals surface area contributed by atoms with Gasteiger partial charge >= 0.3 is 0 Å². The molecule has 0 bridgehead atoms. The number of anilines is 1. The molecule has 0 aliphatic carbocycles. The van der Waals surface area contributed by atoms with Crippen LogP contribution < -0.4 is 4.31 Å². The zero-order valence-corrected chi connectivity index (χ0v) is 23.6. The van der Waals surface area contributed by atoms with Crippen molar-refractivity contribution < 1.29 is 27.1 Å². The normalized spacial score (nSPS) is 18.6. The van der Waals surface area contributed by atoms with Crippen molar-refractivity contribution in [1.82, 2.24) is 4.90 Å². The van der Waals surface area contributed by atoms with Crippen LogP contribution in [0.3, 0.4) is 0 Å². The Bertz CT molecular complexity index is 1370. The highest BCUT2D eigenvalue weighted by molar-refractivity contribution is 7.92. The van der Waals surface area contributed by atoms with Gasteiger partial charge in [-0.25, -0.2) is 17.2 Å². The van der Waals surface area contributed by atoms with Crippen LogP contribution in [0, 0.1) is 17.6 Å². The summed E-state index contributed by atoms with van der Waals surface area (Å²) in [5, 5.41) is 10.7. The first kappa shape index (κ1) is 29.4. The van der Waals surface area contributed by atoms with Gasteiger partial charge in [-0.2, -0.15) is 0 Å². The second kappa shape index (κ2) is 11.9. The van der Waals surface area contributed by atoms with Crippen LogP contribution in [0.4, 0.5) is 14.5 Å². The van der Waals surface area contributed by atoms with Crippen molar-refractivity contribution in [2.45, 2.75) is 31.5 Å². The zero-order chi connectivity index (χ0) is 28.5. The fourth-order valence-electron chi connectivity index (χ4n) is 5.07. The summed E-state index contributed by atoms with van der Waals surface area (Å²) in [5.74, 6) is -2.55. The molecule has 3 atom stereocenters. The SMILES string of the molecule is C[C@@H](CO)CC(=O)[C@@H]1C(N(c2cc(F)cc(F)c2)S(C)(=O)=O)CN1C(c1ccc(Cl)cc1)c1ccc(Cl)cc1. The zero-order valence-electron chi connectivity index (χ0n) is 21.3. The highest BCUT2D eigenvalue weighted by Crippen LogP contribution is 2.41. The quantitative estimate of drug-likeness (QED) is 0.336. The first-order chi connectivity index (χ1) is 18.4. The van der Waals surface area contributed by atoms with Crippen LogP contribution >= 0.6 is 23.2 Å². The first-order valence-electron chi connectivity index (χ1n) is 12.2. The lowest BCUT2D eigenvalue weighted by Crippen LogP contribution is -2.71. The van der Waals surface area contributed by atoms with Crippen LogP contribution in [0.15, 0.2) is 66.7 Å². The molecular formula is C28H28Cl2F2N2O4S. The summed E-state index contributed by atoms with van der Waals surface area (Å²) in [7, 11) is -4.06. The van der Waals surface area contributed by atoms with Gasteiger partial charge in [-0.05, 0) is 53.4 Å². The highest BCUT2D eigenvalue weighted by atomic mass is 35.5. The molecule has 0 saturated carbocycles. The second-order valence-corrected chi connectivity index (χ2v) is 12.6. The lowest BCUT2D eigenvalue weighted by atomic mass is 9.83. The number of sulfonamides is 1. The number of Topliss-reactive ketones (excluding diaryl/α,β-unsaturated/α-hetero) is 1. The van der Waals surface area contributed by atoms with E-state index in [9.17, 15) is 27.1 Å². The van der Waals surface area contributed by atoms with E-state index in [1.165, 1.54) is 0 Å². The molecule has 4 rings (SSSR count). The first-order valence-corrected chi connectivity index (χ1v) is 14.8. The van der Waals surface area contributed by atoms with Gasteiger partial charge in [0.25, 0.3) is 0 Å². The molecule has 0 spiro atoms. The average Bonchev–Trinajstić information content (AvgIpc) is 2.83. The molecule has 208 valence electrons. The molecule has 1 N–H and O–H groups in total. The number of ketones is 1. The monoisotopic (exact) mass is 596 g/mol. The van der Waals surface area contributed by atoms with Gasteiger partial charge in [-0.3, -0.25) is 14.0 Å². The summed E-state index contributed by atoms with van der Waals surface area (Å²) >= 11 is 12.3. The molecular weight excluding hydrogens is 569 g/mol. The standard InChI is InChI=1S/C28H28Cl2F2N2O4S/c1-17(16-35)11-26(36)28-25(34(39(2,37)38)24-13-22(31)12-23(32)14-24)15-33(28)27(18-3-7-20(29)8-4-18)19-5-9-21(30)10-6-19/h3-10,12-14,17,25,27-28,35H,11,15-16H2,1-2H3/t17-,25?,28+/m1/s1. The minimum absolute atomic E-state index is 0.0166. The van der Waals surface area contributed by atoms with E-state index in [1.54, 1.807) is 31.2 Å². The topological polar surface area (TPSA) is 77.9 Å². The summed E-state index contributed by atoms with van der Waals surface area (Å²) in [6.07, 6.45) is 0.920. The summed E-state index contributed by atoms with van der Waals surface area (Å²) in [6.45, 7) is 1.57. The Labute approximate surface area is 236 Å². The molecule has 39 heavy (non-hydrogen) atoms. The van der Waals surface area contributed by atoms with E-state index in [1.807, 2.05) is 29.2 Å².